The van der Waals surface area contributed by atoms with E-state index >= 15 is 0 Å². The predicted octanol–water partition coefficient (Wildman–Crippen LogP) is 1.75. The Morgan fingerprint density at radius 3 is 2.53 bits per heavy atom. The molecule has 0 aliphatic rings. The summed E-state index contributed by atoms with van der Waals surface area (Å²) in [7, 11) is 2.09. The third-order valence-electron chi connectivity index (χ3n) is 2.67. The molecule has 0 radical (unpaired) electrons. The lowest BCUT2D eigenvalue weighted by Crippen LogP contribution is -2.34. The molecule has 0 saturated heterocycles. The standard InChI is InChI=1S/C13H27N3O/c1-12(2)17-10-9-16(4)8-6-5-7-13(3,15)11-14/h12H,5-10,15H2,1-4H3. The molecule has 4 heteroatoms. The highest BCUT2D eigenvalue weighted by molar-refractivity contribution is 5.00. The van der Waals surface area contributed by atoms with Crippen LogP contribution in [0.4, 0.5) is 0 Å². The summed E-state index contributed by atoms with van der Waals surface area (Å²) in [4.78, 5) is 2.25. The summed E-state index contributed by atoms with van der Waals surface area (Å²) in [6, 6.07) is 2.12. The van der Waals surface area contributed by atoms with Crippen molar-refractivity contribution in [2.45, 2.75) is 51.7 Å². The molecule has 0 aromatic carbocycles. The minimum absolute atomic E-state index is 0.303. The minimum atomic E-state index is -0.667. The Bertz CT molecular complexity index is 233. The lowest BCUT2D eigenvalue weighted by Gasteiger charge is -2.19. The van der Waals surface area contributed by atoms with Crippen molar-refractivity contribution in [3.05, 3.63) is 0 Å². The Labute approximate surface area is 106 Å². The Morgan fingerprint density at radius 2 is 2.00 bits per heavy atom. The van der Waals surface area contributed by atoms with Gasteiger partial charge in [0.1, 0.15) is 5.54 Å². The maximum absolute atomic E-state index is 8.77. The van der Waals surface area contributed by atoms with Crippen LogP contribution in [0.1, 0.15) is 40.0 Å². The van der Waals surface area contributed by atoms with Gasteiger partial charge in [-0.2, -0.15) is 5.26 Å². The molecule has 100 valence electrons. The van der Waals surface area contributed by atoms with Crippen LogP contribution in [0.25, 0.3) is 0 Å². The summed E-state index contributed by atoms with van der Waals surface area (Å²) in [6.07, 6.45) is 3.14. The molecule has 0 aromatic heterocycles. The van der Waals surface area contributed by atoms with Gasteiger partial charge in [-0.25, -0.2) is 0 Å². The molecule has 0 aliphatic carbocycles. The summed E-state index contributed by atoms with van der Waals surface area (Å²) >= 11 is 0. The predicted molar refractivity (Wildman–Crippen MR) is 70.6 cm³/mol. The summed E-state index contributed by atoms with van der Waals surface area (Å²) in [6.45, 7) is 8.64. The van der Waals surface area contributed by atoms with E-state index in [0.29, 0.717) is 6.10 Å². The van der Waals surface area contributed by atoms with Gasteiger partial charge >= 0.3 is 0 Å². The van der Waals surface area contributed by atoms with E-state index in [1.807, 2.05) is 13.8 Å². The van der Waals surface area contributed by atoms with Crippen molar-refractivity contribution in [3.8, 4) is 6.07 Å². The van der Waals surface area contributed by atoms with Crippen molar-refractivity contribution in [3.63, 3.8) is 0 Å². The van der Waals surface area contributed by atoms with Crippen LogP contribution in [0.2, 0.25) is 0 Å². The van der Waals surface area contributed by atoms with Crippen molar-refractivity contribution in [1.29, 1.82) is 5.26 Å². The lowest BCUT2D eigenvalue weighted by atomic mass is 9.98. The lowest BCUT2D eigenvalue weighted by molar-refractivity contribution is 0.0635. The zero-order valence-electron chi connectivity index (χ0n) is 11.7. The monoisotopic (exact) mass is 241 g/mol. The Kier molecular flexibility index (Phi) is 8.15. The van der Waals surface area contributed by atoms with Crippen molar-refractivity contribution in [2.75, 3.05) is 26.7 Å². The molecule has 0 heterocycles. The van der Waals surface area contributed by atoms with E-state index in [1.165, 1.54) is 0 Å². The number of hydrogen-bond acceptors (Lipinski definition) is 4. The molecule has 0 fully saturated rings. The van der Waals surface area contributed by atoms with E-state index < -0.39 is 5.54 Å². The van der Waals surface area contributed by atoms with E-state index in [0.717, 1.165) is 39.0 Å². The third-order valence-corrected chi connectivity index (χ3v) is 2.67. The van der Waals surface area contributed by atoms with Gasteiger partial charge in [0.05, 0.1) is 18.8 Å². The van der Waals surface area contributed by atoms with Crippen LogP contribution in [-0.4, -0.2) is 43.3 Å². The maximum atomic E-state index is 8.77. The number of nitrogens with two attached hydrogens (primary N) is 1. The van der Waals surface area contributed by atoms with E-state index in [4.69, 9.17) is 15.7 Å². The molecule has 1 atom stereocenters. The second-order valence-electron chi connectivity index (χ2n) is 5.21. The van der Waals surface area contributed by atoms with Gasteiger partial charge in [0.2, 0.25) is 0 Å². The van der Waals surface area contributed by atoms with Gasteiger partial charge in [-0.15, -0.1) is 0 Å². The van der Waals surface area contributed by atoms with Crippen LogP contribution < -0.4 is 5.73 Å². The van der Waals surface area contributed by atoms with Gasteiger partial charge in [-0.1, -0.05) is 0 Å². The molecule has 0 aliphatic heterocycles. The van der Waals surface area contributed by atoms with E-state index in [1.54, 1.807) is 6.92 Å². The maximum Gasteiger partial charge on any atom is 0.101 e. The summed E-state index contributed by atoms with van der Waals surface area (Å²) in [5, 5.41) is 8.77. The second kappa shape index (κ2) is 8.46. The molecule has 17 heavy (non-hydrogen) atoms. The van der Waals surface area contributed by atoms with Crippen LogP contribution in [-0.2, 0) is 4.74 Å². The van der Waals surface area contributed by atoms with E-state index in [-0.39, 0.29) is 0 Å². The molecule has 0 amide bonds. The van der Waals surface area contributed by atoms with Crippen LogP contribution >= 0.6 is 0 Å². The summed E-state index contributed by atoms with van der Waals surface area (Å²) < 4.78 is 5.49. The molecule has 0 rings (SSSR count). The Morgan fingerprint density at radius 1 is 1.35 bits per heavy atom. The van der Waals surface area contributed by atoms with Gasteiger partial charge in [0.25, 0.3) is 0 Å². The zero-order valence-corrected chi connectivity index (χ0v) is 11.7. The smallest absolute Gasteiger partial charge is 0.101 e. The fourth-order valence-corrected chi connectivity index (χ4v) is 1.49. The SMILES string of the molecule is CC(C)OCCN(C)CCCCC(C)(N)C#N. The van der Waals surface area contributed by atoms with Crippen LogP contribution in [0.15, 0.2) is 0 Å². The van der Waals surface area contributed by atoms with Crippen molar-refractivity contribution >= 4 is 0 Å². The zero-order chi connectivity index (χ0) is 13.3. The number of likely N-dealkylation sites (N-methyl/N-ethyl adjacent to an activating group) is 1. The average molecular weight is 241 g/mol. The Balaban J connectivity index is 3.46. The van der Waals surface area contributed by atoms with E-state index in [9.17, 15) is 0 Å². The molecular formula is C13H27N3O. The fourth-order valence-electron chi connectivity index (χ4n) is 1.49. The van der Waals surface area contributed by atoms with Crippen LogP contribution in [0.5, 0.6) is 0 Å². The summed E-state index contributed by atoms with van der Waals surface area (Å²) in [5.41, 5.74) is 5.08. The number of nitrogens with zero attached hydrogens (tertiary/aromatic N) is 2. The quantitative estimate of drug-likeness (QED) is 0.625. The molecule has 0 saturated carbocycles. The topological polar surface area (TPSA) is 62.3 Å². The molecule has 0 aromatic rings. The Hall–Kier alpha value is -0.630. The van der Waals surface area contributed by atoms with Gasteiger partial charge in [0.15, 0.2) is 0 Å². The number of hydrogen-bond donors (Lipinski definition) is 1. The molecule has 1 unspecified atom stereocenters. The van der Waals surface area contributed by atoms with Crippen molar-refractivity contribution in [1.82, 2.24) is 4.90 Å². The first-order valence-electron chi connectivity index (χ1n) is 6.37. The number of nitriles is 1. The number of rotatable bonds is 9. The second-order valence-corrected chi connectivity index (χ2v) is 5.21. The number of unbranched alkanes of at least 4 members (excludes halogenated alkanes) is 1. The van der Waals surface area contributed by atoms with Gasteiger partial charge < -0.3 is 15.4 Å². The average Bonchev–Trinajstić information content (AvgIpc) is 2.24. The molecule has 2 N–H and O–H groups in total. The van der Waals surface area contributed by atoms with Crippen molar-refractivity contribution in [2.24, 2.45) is 5.73 Å². The van der Waals surface area contributed by atoms with Gasteiger partial charge in [-0.3, -0.25) is 0 Å². The minimum Gasteiger partial charge on any atom is -0.377 e. The molecule has 0 spiro atoms. The highest BCUT2D eigenvalue weighted by atomic mass is 16.5. The largest absolute Gasteiger partial charge is 0.377 e. The summed E-state index contributed by atoms with van der Waals surface area (Å²) in [5.74, 6) is 0. The molecule has 0 bridgehead atoms. The van der Waals surface area contributed by atoms with Gasteiger partial charge in [-0.05, 0) is 53.6 Å². The first-order chi connectivity index (χ1) is 7.87. The normalized spacial score (nSPS) is 14.9. The van der Waals surface area contributed by atoms with Crippen molar-refractivity contribution < 1.29 is 4.74 Å². The van der Waals surface area contributed by atoms with Crippen LogP contribution in [0, 0.1) is 11.3 Å². The molecule has 4 nitrogen and oxygen atoms in total. The first-order valence-corrected chi connectivity index (χ1v) is 6.37. The molecular weight excluding hydrogens is 214 g/mol. The third kappa shape index (κ3) is 10.3. The van der Waals surface area contributed by atoms with E-state index in [2.05, 4.69) is 18.0 Å². The highest BCUT2D eigenvalue weighted by Gasteiger charge is 2.15. The van der Waals surface area contributed by atoms with Crippen LogP contribution in [0.3, 0.4) is 0 Å². The van der Waals surface area contributed by atoms with Gasteiger partial charge in [0, 0.05) is 6.54 Å². The first kappa shape index (κ1) is 16.4. The fraction of sp³-hybridized carbons (Fsp3) is 0.923. The number of ether oxygens (including phenoxy) is 1. The highest BCUT2D eigenvalue weighted by Crippen LogP contribution is 2.09.